The van der Waals surface area contributed by atoms with Crippen molar-refractivity contribution in [1.82, 2.24) is 0 Å². The monoisotopic (exact) mass is 695 g/mol. The van der Waals surface area contributed by atoms with Crippen LogP contribution in [0.4, 0.5) is 0 Å². The van der Waals surface area contributed by atoms with Crippen LogP contribution in [0.15, 0.2) is 12.7 Å². The van der Waals surface area contributed by atoms with E-state index in [4.69, 9.17) is 18.9 Å². The summed E-state index contributed by atoms with van der Waals surface area (Å²) in [6.45, 7) is 49.4. The first-order valence-corrected chi connectivity index (χ1v) is 18.9. The minimum atomic E-state index is -1.04. The van der Waals surface area contributed by atoms with Crippen LogP contribution in [0.3, 0.4) is 0 Å². The summed E-state index contributed by atoms with van der Waals surface area (Å²) in [5, 5.41) is 0. The van der Waals surface area contributed by atoms with Crippen LogP contribution in [0, 0.1) is 21.7 Å². The van der Waals surface area contributed by atoms with Gasteiger partial charge in [0.25, 0.3) is 0 Å². The van der Waals surface area contributed by atoms with Crippen LogP contribution in [0.5, 0.6) is 0 Å². The Morgan fingerprint density at radius 3 is 1.55 bits per heavy atom. The number of hydrogen-bond donors (Lipinski definition) is 0. The first-order chi connectivity index (χ1) is 21.5. The molecule has 0 fully saturated rings. The van der Waals surface area contributed by atoms with E-state index in [0.717, 1.165) is 19.3 Å². The molecule has 0 amide bonds. The first-order valence-electron chi connectivity index (χ1n) is 18.9. The zero-order valence-corrected chi connectivity index (χ0v) is 36.6. The van der Waals surface area contributed by atoms with Gasteiger partial charge >= 0.3 is 0 Å². The Labute approximate surface area is 304 Å². The van der Waals surface area contributed by atoms with Crippen LogP contribution in [0.2, 0.25) is 0 Å². The Morgan fingerprint density at radius 1 is 0.653 bits per heavy atom. The van der Waals surface area contributed by atoms with E-state index in [0.29, 0.717) is 19.4 Å². The summed E-state index contributed by atoms with van der Waals surface area (Å²) in [7, 11) is 0. The van der Waals surface area contributed by atoms with Crippen LogP contribution in [0.1, 0.15) is 184 Å². The predicted molar refractivity (Wildman–Crippen MR) is 207 cm³/mol. The zero-order valence-electron chi connectivity index (χ0n) is 36.6. The molecule has 0 radical (unpaired) electrons. The Bertz CT molecular complexity index is 1120. The zero-order chi connectivity index (χ0) is 39.5. The van der Waals surface area contributed by atoms with Crippen molar-refractivity contribution in [3.05, 3.63) is 12.7 Å². The summed E-state index contributed by atoms with van der Waals surface area (Å²) in [6, 6.07) is 0. The Hall–Kier alpha value is -1.08. The molecule has 6 heteroatoms. The van der Waals surface area contributed by atoms with Gasteiger partial charge in [0, 0.05) is 18.4 Å². The third kappa shape index (κ3) is 12.5. The van der Waals surface area contributed by atoms with Crippen molar-refractivity contribution >= 4 is 11.6 Å². The van der Waals surface area contributed by atoms with E-state index in [-0.39, 0.29) is 28.0 Å². The topological polar surface area (TPSA) is 71.1 Å². The molecule has 0 aromatic heterocycles. The smallest absolute Gasteiger partial charge is 0.169 e. The van der Waals surface area contributed by atoms with E-state index in [1.165, 1.54) is 0 Å². The molecule has 0 spiro atoms. The molecule has 3 atom stereocenters. The highest BCUT2D eigenvalue weighted by Gasteiger charge is 2.53. The summed E-state index contributed by atoms with van der Waals surface area (Å²) < 4.78 is 26.3. The van der Waals surface area contributed by atoms with Crippen LogP contribution >= 0.6 is 0 Å². The third-order valence-corrected chi connectivity index (χ3v) is 11.7. The van der Waals surface area contributed by atoms with Crippen LogP contribution < -0.4 is 0 Å². The van der Waals surface area contributed by atoms with Gasteiger partial charge in [0.05, 0.1) is 33.4 Å². The van der Waals surface area contributed by atoms with Gasteiger partial charge in [-0.2, -0.15) is 0 Å². The highest BCUT2D eigenvalue weighted by Crippen LogP contribution is 2.49. The fourth-order valence-electron chi connectivity index (χ4n) is 8.34. The summed E-state index contributed by atoms with van der Waals surface area (Å²) >= 11 is 0. The summed E-state index contributed by atoms with van der Waals surface area (Å²) in [5.41, 5.74) is -6.04. The second-order valence-electron chi connectivity index (χ2n) is 20.1. The van der Waals surface area contributed by atoms with Gasteiger partial charge in [0.2, 0.25) is 0 Å². The minimum Gasteiger partial charge on any atom is -0.376 e. The maximum atomic E-state index is 14.3. The Morgan fingerprint density at radius 2 is 1.14 bits per heavy atom. The summed E-state index contributed by atoms with van der Waals surface area (Å²) in [5.74, 6) is 0.00285. The fourth-order valence-corrected chi connectivity index (χ4v) is 8.34. The number of ketones is 2. The van der Waals surface area contributed by atoms with Gasteiger partial charge in [-0.3, -0.25) is 9.59 Å². The normalized spacial score (nSPS) is 17.7. The average molecular weight is 695 g/mol. The molecule has 0 heterocycles. The molecule has 3 unspecified atom stereocenters. The second kappa shape index (κ2) is 15.9. The molecule has 0 aliphatic heterocycles. The number of rotatable bonds is 23. The quantitative estimate of drug-likeness (QED) is 0.0992. The average Bonchev–Trinajstić information content (AvgIpc) is 2.89. The highest BCUT2D eigenvalue weighted by atomic mass is 16.5. The van der Waals surface area contributed by atoms with Crippen molar-refractivity contribution in [2.24, 2.45) is 21.7 Å². The van der Waals surface area contributed by atoms with E-state index in [1.807, 2.05) is 89.2 Å². The molecule has 0 rings (SSSR count). The van der Waals surface area contributed by atoms with Gasteiger partial charge in [-0.1, -0.05) is 68.4 Å². The number of Topliss-reactive ketones (excluding diaryl/α,β-unsaturated/α-hetero) is 2. The highest BCUT2D eigenvalue weighted by molar-refractivity contribution is 5.91. The molecule has 49 heavy (non-hydrogen) atoms. The van der Waals surface area contributed by atoms with E-state index >= 15 is 0 Å². The SMILES string of the molecule is C=CC(C)(C)CC(C)(CC)C(C)(C)OC(C)C(=O)C(C)(C)C(C)(C)OC(C)(C)CC(C)(C)C(=O)C(C)(C)OC(C)(CC)CC(C)(C)OCC. The molecule has 0 saturated heterocycles. The molecule has 0 N–H and O–H groups in total. The van der Waals surface area contributed by atoms with Gasteiger partial charge in [0.1, 0.15) is 11.7 Å². The minimum absolute atomic E-state index is 0.0125. The van der Waals surface area contributed by atoms with Crippen LogP contribution in [-0.2, 0) is 28.5 Å². The van der Waals surface area contributed by atoms with Crippen molar-refractivity contribution in [3.8, 4) is 0 Å². The molecule has 6 nitrogen and oxygen atoms in total. The van der Waals surface area contributed by atoms with Gasteiger partial charge in [-0.25, -0.2) is 0 Å². The van der Waals surface area contributed by atoms with Crippen molar-refractivity contribution in [2.75, 3.05) is 6.61 Å². The molecule has 0 aliphatic carbocycles. The third-order valence-electron chi connectivity index (χ3n) is 11.7. The second-order valence-corrected chi connectivity index (χ2v) is 20.1. The van der Waals surface area contributed by atoms with Gasteiger partial charge < -0.3 is 18.9 Å². The number of carbonyl (C=O) groups is 2. The molecule has 290 valence electrons. The van der Waals surface area contributed by atoms with Crippen molar-refractivity contribution < 1.29 is 28.5 Å². The lowest BCUT2D eigenvalue weighted by Gasteiger charge is -2.50. The van der Waals surface area contributed by atoms with Gasteiger partial charge in [-0.05, 0) is 127 Å². The molecule has 0 aromatic rings. The standard InChI is InChI=1S/C43H82O6/c1-24-34(6,7)28-42(22,25-2)41(20,21)47-31(5)32(44)38(14,15)40(18,19)48-37(12,13)29-35(8,9)33(45)39(16,17)49-43(23,26-3)30-36(10,11)46-27-4/h24,31H,1,25-30H2,2-23H3. The summed E-state index contributed by atoms with van der Waals surface area (Å²) in [6.07, 6.45) is 5.01. The lowest BCUT2D eigenvalue weighted by Crippen LogP contribution is -2.57. The molecule has 0 aromatic carbocycles. The van der Waals surface area contributed by atoms with Gasteiger partial charge in [-0.15, -0.1) is 6.58 Å². The van der Waals surface area contributed by atoms with Crippen LogP contribution in [-0.4, -0.2) is 57.9 Å². The van der Waals surface area contributed by atoms with E-state index in [9.17, 15) is 9.59 Å². The first kappa shape index (κ1) is 47.9. The van der Waals surface area contributed by atoms with Crippen LogP contribution in [0.25, 0.3) is 0 Å². The van der Waals surface area contributed by atoms with E-state index in [1.54, 1.807) is 0 Å². The number of allylic oxidation sites excluding steroid dienone is 1. The lowest BCUT2D eigenvalue weighted by molar-refractivity contribution is -0.206. The lowest BCUT2D eigenvalue weighted by atomic mass is 9.64. The number of ether oxygens (including phenoxy) is 4. The van der Waals surface area contributed by atoms with E-state index in [2.05, 4.69) is 75.8 Å². The Balaban J connectivity index is 6.10. The molecule has 0 aliphatic rings. The van der Waals surface area contributed by atoms with Crippen molar-refractivity contribution in [3.63, 3.8) is 0 Å². The molecular formula is C43H82O6. The Kier molecular flexibility index (Phi) is 15.5. The molecule has 0 saturated carbocycles. The maximum absolute atomic E-state index is 14.3. The van der Waals surface area contributed by atoms with E-state index < -0.39 is 44.9 Å². The molecule has 0 bridgehead atoms. The van der Waals surface area contributed by atoms with Gasteiger partial charge in [0.15, 0.2) is 11.6 Å². The number of hydrogen-bond acceptors (Lipinski definition) is 6. The fraction of sp³-hybridized carbons (Fsp3) is 0.907. The van der Waals surface area contributed by atoms with Crippen molar-refractivity contribution in [2.45, 2.75) is 224 Å². The summed E-state index contributed by atoms with van der Waals surface area (Å²) in [4.78, 5) is 28.5. The van der Waals surface area contributed by atoms with Crippen molar-refractivity contribution in [1.29, 1.82) is 0 Å². The molecular weight excluding hydrogens is 612 g/mol. The predicted octanol–water partition coefficient (Wildman–Crippen LogP) is 11.5. The largest absolute Gasteiger partial charge is 0.376 e. The number of carbonyl (C=O) groups excluding carboxylic acids is 2. The maximum Gasteiger partial charge on any atom is 0.169 e.